The zero-order valence-electron chi connectivity index (χ0n) is 12.0. The first-order valence-corrected chi connectivity index (χ1v) is 6.55. The topological polar surface area (TPSA) is 41.5 Å². The Bertz CT molecular complexity index is 660. The lowest BCUT2D eigenvalue weighted by Gasteiger charge is -2.05. The molecule has 0 fully saturated rings. The highest BCUT2D eigenvalue weighted by Crippen LogP contribution is 2.07. The second kappa shape index (κ2) is 6.15. The summed E-state index contributed by atoms with van der Waals surface area (Å²) in [5.41, 5.74) is 7.16. The summed E-state index contributed by atoms with van der Waals surface area (Å²) in [7, 11) is 0. The molecule has 1 amide bonds. The van der Waals surface area contributed by atoms with Crippen LogP contribution in [0.1, 0.15) is 34.0 Å². The standard InChI is InChI=1S/C17H18N2O/c1-12-7-6-9-15(11-12)14(3)18-19-17(20)16-10-5-4-8-13(16)2/h4-11H,1-3H3,(H,19,20)/b18-14+. The average molecular weight is 266 g/mol. The number of carbonyl (C=O) groups excluding carboxylic acids is 1. The number of hydrazone groups is 1. The smallest absolute Gasteiger partial charge is 0.267 e. The van der Waals surface area contributed by atoms with E-state index in [2.05, 4.69) is 10.5 Å². The molecule has 2 aromatic rings. The molecule has 3 nitrogen and oxygen atoms in total. The number of nitrogens with one attached hydrogen (secondary N) is 1. The molecule has 1 N–H and O–H groups in total. The molecule has 0 saturated heterocycles. The highest BCUT2D eigenvalue weighted by atomic mass is 16.2. The maximum atomic E-state index is 12.1. The van der Waals surface area contributed by atoms with Crippen LogP contribution in [0.15, 0.2) is 53.6 Å². The Kier molecular flexibility index (Phi) is 4.31. The monoisotopic (exact) mass is 266 g/mol. The predicted octanol–water partition coefficient (Wildman–Crippen LogP) is 3.46. The van der Waals surface area contributed by atoms with Gasteiger partial charge in [-0.15, -0.1) is 0 Å². The molecule has 0 spiro atoms. The molecule has 0 bridgehead atoms. The van der Waals surface area contributed by atoms with Gasteiger partial charge in [-0.05, 0) is 38.0 Å². The quantitative estimate of drug-likeness (QED) is 0.671. The van der Waals surface area contributed by atoms with E-state index in [9.17, 15) is 4.79 Å². The van der Waals surface area contributed by atoms with Gasteiger partial charge < -0.3 is 0 Å². The largest absolute Gasteiger partial charge is 0.271 e. The number of nitrogens with zero attached hydrogens (tertiary/aromatic N) is 1. The molecule has 0 radical (unpaired) electrons. The number of amides is 1. The zero-order chi connectivity index (χ0) is 14.5. The Morgan fingerprint density at radius 2 is 1.80 bits per heavy atom. The van der Waals surface area contributed by atoms with E-state index in [4.69, 9.17) is 0 Å². The maximum absolute atomic E-state index is 12.1. The average Bonchev–Trinajstić information content (AvgIpc) is 2.45. The summed E-state index contributed by atoms with van der Waals surface area (Å²) in [6, 6.07) is 15.5. The second-order valence-corrected chi connectivity index (χ2v) is 4.82. The van der Waals surface area contributed by atoms with Crippen molar-refractivity contribution < 1.29 is 4.79 Å². The van der Waals surface area contributed by atoms with Crippen molar-refractivity contribution in [2.75, 3.05) is 0 Å². The number of hydrogen-bond donors (Lipinski definition) is 1. The summed E-state index contributed by atoms with van der Waals surface area (Å²) in [5.74, 6) is -0.185. The van der Waals surface area contributed by atoms with E-state index in [1.807, 2.05) is 63.2 Å². The number of hydrogen-bond acceptors (Lipinski definition) is 2. The van der Waals surface area contributed by atoms with Gasteiger partial charge in [0.25, 0.3) is 5.91 Å². The molecule has 102 valence electrons. The minimum atomic E-state index is -0.185. The van der Waals surface area contributed by atoms with Crippen molar-refractivity contribution in [2.24, 2.45) is 5.10 Å². The Morgan fingerprint density at radius 3 is 2.50 bits per heavy atom. The first-order valence-electron chi connectivity index (χ1n) is 6.55. The molecule has 0 unspecified atom stereocenters. The first-order chi connectivity index (χ1) is 9.58. The van der Waals surface area contributed by atoms with Crippen LogP contribution in [0.5, 0.6) is 0 Å². The molecule has 0 aliphatic heterocycles. The van der Waals surface area contributed by atoms with Gasteiger partial charge in [0, 0.05) is 5.56 Å². The van der Waals surface area contributed by atoms with E-state index < -0.39 is 0 Å². The van der Waals surface area contributed by atoms with Crippen LogP contribution in [-0.2, 0) is 0 Å². The molecule has 0 atom stereocenters. The SMILES string of the molecule is C/C(=N\NC(=O)c1ccccc1C)c1cccc(C)c1. The lowest BCUT2D eigenvalue weighted by atomic mass is 10.1. The highest BCUT2D eigenvalue weighted by Gasteiger charge is 2.07. The molecular weight excluding hydrogens is 248 g/mol. The fourth-order valence-electron chi connectivity index (χ4n) is 1.96. The number of benzene rings is 2. The van der Waals surface area contributed by atoms with Crippen LogP contribution >= 0.6 is 0 Å². The molecule has 2 rings (SSSR count). The van der Waals surface area contributed by atoms with Gasteiger partial charge in [0.1, 0.15) is 0 Å². The molecule has 0 aliphatic carbocycles. The fraction of sp³-hybridized carbons (Fsp3) is 0.176. The minimum absolute atomic E-state index is 0.185. The molecule has 0 heterocycles. The summed E-state index contributed by atoms with van der Waals surface area (Å²) in [6.45, 7) is 5.82. The van der Waals surface area contributed by atoms with Gasteiger partial charge in [-0.3, -0.25) is 4.79 Å². The third kappa shape index (κ3) is 3.32. The van der Waals surface area contributed by atoms with Crippen LogP contribution in [0.25, 0.3) is 0 Å². The van der Waals surface area contributed by atoms with Crippen LogP contribution in [-0.4, -0.2) is 11.6 Å². The summed E-state index contributed by atoms with van der Waals surface area (Å²) < 4.78 is 0. The van der Waals surface area contributed by atoms with Crippen LogP contribution in [0, 0.1) is 13.8 Å². The molecule has 20 heavy (non-hydrogen) atoms. The summed E-state index contributed by atoms with van der Waals surface area (Å²) in [6.07, 6.45) is 0. The number of carbonyl (C=O) groups is 1. The van der Waals surface area contributed by atoms with E-state index >= 15 is 0 Å². The summed E-state index contributed by atoms with van der Waals surface area (Å²) in [5, 5.41) is 4.17. The minimum Gasteiger partial charge on any atom is -0.267 e. The van der Waals surface area contributed by atoms with Crippen molar-refractivity contribution in [3.8, 4) is 0 Å². The number of rotatable bonds is 3. The van der Waals surface area contributed by atoms with Gasteiger partial charge in [-0.25, -0.2) is 5.43 Å². The van der Waals surface area contributed by atoms with Crippen molar-refractivity contribution in [1.29, 1.82) is 0 Å². The number of aryl methyl sites for hydroxylation is 2. The first kappa shape index (κ1) is 14.0. The van der Waals surface area contributed by atoms with Crippen molar-refractivity contribution >= 4 is 11.6 Å². The third-order valence-corrected chi connectivity index (χ3v) is 3.15. The van der Waals surface area contributed by atoms with Crippen molar-refractivity contribution in [2.45, 2.75) is 20.8 Å². The molecule has 2 aromatic carbocycles. The predicted molar refractivity (Wildman–Crippen MR) is 82.0 cm³/mol. The highest BCUT2D eigenvalue weighted by molar-refractivity contribution is 6.01. The zero-order valence-corrected chi connectivity index (χ0v) is 12.0. The van der Waals surface area contributed by atoms with Gasteiger partial charge in [-0.1, -0.05) is 48.0 Å². The van der Waals surface area contributed by atoms with Crippen LogP contribution < -0.4 is 5.43 Å². The lowest BCUT2D eigenvalue weighted by Crippen LogP contribution is -2.20. The van der Waals surface area contributed by atoms with E-state index in [1.54, 1.807) is 6.07 Å². The van der Waals surface area contributed by atoms with Crippen molar-refractivity contribution in [1.82, 2.24) is 5.43 Å². The van der Waals surface area contributed by atoms with E-state index in [0.717, 1.165) is 16.8 Å². The van der Waals surface area contributed by atoms with E-state index in [1.165, 1.54) is 5.56 Å². The van der Waals surface area contributed by atoms with Crippen LogP contribution in [0.4, 0.5) is 0 Å². The van der Waals surface area contributed by atoms with E-state index in [-0.39, 0.29) is 5.91 Å². The van der Waals surface area contributed by atoms with Gasteiger partial charge in [0.2, 0.25) is 0 Å². The Morgan fingerprint density at radius 1 is 1.05 bits per heavy atom. The molecule has 0 aromatic heterocycles. The molecular formula is C17H18N2O. The second-order valence-electron chi connectivity index (χ2n) is 4.82. The third-order valence-electron chi connectivity index (χ3n) is 3.15. The normalized spacial score (nSPS) is 11.2. The van der Waals surface area contributed by atoms with E-state index in [0.29, 0.717) is 5.56 Å². The van der Waals surface area contributed by atoms with Gasteiger partial charge >= 0.3 is 0 Å². The van der Waals surface area contributed by atoms with Crippen molar-refractivity contribution in [3.05, 3.63) is 70.8 Å². The Hall–Kier alpha value is -2.42. The van der Waals surface area contributed by atoms with Gasteiger partial charge in [-0.2, -0.15) is 5.10 Å². The Balaban J connectivity index is 2.13. The van der Waals surface area contributed by atoms with Crippen LogP contribution in [0.3, 0.4) is 0 Å². The summed E-state index contributed by atoms with van der Waals surface area (Å²) in [4.78, 5) is 12.1. The van der Waals surface area contributed by atoms with Crippen molar-refractivity contribution in [3.63, 3.8) is 0 Å². The van der Waals surface area contributed by atoms with Gasteiger partial charge in [0.05, 0.1) is 5.71 Å². The Labute approximate surface area is 119 Å². The molecule has 0 aliphatic rings. The fourth-order valence-corrected chi connectivity index (χ4v) is 1.96. The molecule has 0 saturated carbocycles. The van der Waals surface area contributed by atoms with Crippen LogP contribution in [0.2, 0.25) is 0 Å². The van der Waals surface area contributed by atoms with Gasteiger partial charge in [0.15, 0.2) is 0 Å². The summed E-state index contributed by atoms with van der Waals surface area (Å²) >= 11 is 0. The maximum Gasteiger partial charge on any atom is 0.271 e. The molecule has 3 heteroatoms. The lowest BCUT2D eigenvalue weighted by molar-refractivity contribution is 0.0954.